The largest absolute Gasteiger partial charge is 0.481 e. The van der Waals surface area contributed by atoms with Gasteiger partial charge < -0.3 is 9.63 Å². The molecule has 2 aromatic rings. The Bertz CT molecular complexity index is 553. The van der Waals surface area contributed by atoms with Gasteiger partial charge >= 0.3 is 5.97 Å². The molecule has 0 saturated carbocycles. The summed E-state index contributed by atoms with van der Waals surface area (Å²) in [7, 11) is 0. The molecule has 7 heteroatoms. The van der Waals surface area contributed by atoms with Crippen molar-refractivity contribution >= 4 is 17.3 Å². The SMILES string of the molecule is CCN(Cc1noc(-c2ccsc2)n1)C(C)CC(=O)O. The Balaban J connectivity index is 2.03. The summed E-state index contributed by atoms with van der Waals surface area (Å²) in [4.78, 5) is 17.1. The quantitative estimate of drug-likeness (QED) is 0.845. The number of carbonyl (C=O) groups is 1. The predicted molar refractivity (Wildman–Crippen MR) is 75.4 cm³/mol. The Labute approximate surface area is 121 Å². The highest BCUT2D eigenvalue weighted by molar-refractivity contribution is 7.08. The van der Waals surface area contributed by atoms with Crippen molar-refractivity contribution in [3.8, 4) is 11.5 Å². The third-order valence-corrected chi connectivity index (χ3v) is 3.76. The van der Waals surface area contributed by atoms with Crippen molar-refractivity contribution in [2.45, 2.75) is 32.9 Å². The third kappa shape index (κ3) is 3.64. The second-order valence-electron chi connectivity index (χ2n) is 4.54. The molecule has 6 nitrogen and oxygen atoms in total. The number of carboxylic acid groups (broad SMARTS) is 1. The number of aromatic nitrogens is 2. The van der Waals surface area contributed by atoms with E-state index >= 15 is 0 Å². The van der Waals surface area contributed by atoms with Crippen LogP contribution in [0.5, 0.6) is 0 Å². The average Bonchev–Trinajstić information content (AvgIpc) is 3.05. The normalized spacial score (nSPS) is 12.8. The van der Waals surface area contributed by atoms with Crippen LogP contribution in [0.3, 0.4) is 0 Å². The average molecular weight is 295 g/mol. The van der Waals surface area contributed by atoms with Crippen LogP contribution in [0.4, 0.5) is 0 Å². The number of carboxylic acids is 1. The lowest BCUT2D eigenvalue weighted by Gasteiger charge is -2.24. The number of hydrogen-bond donors (Lipinski definition) is 1. The first-order valence-electron chi connectivity index (χ1n) is 6.41. The van der Waals surface area contributed by atoms with Crippen LogP contribution >= 0.6 is 11.3 Å². The molecule has 0 aliphatic rings. The first kappa shape index (κ1) is 14.7. The molecule has 0 aliphatic heterocycles. The van der Waals surface area contributed by atoms with Crippen LogP contribution in [0.2, 0.25) is 0 Å². The molecule has 108 valence electrons. The summed E-state index contributed by atoms with van der Waals surface area (Å²) < 4.78 is 5.22. The van der Waals surface area contributed by atoms with E-state index in [1.54, 1.807) is 11.3 Å². The zero-order chi connectivity index (χ0) is 14.5. The van der Waals surface area contributed by atoms with Gasteiger partial charge in [0.1, 0.15) is 0 Å². The summed E-state index contributed by atoms with van der Waals surface area (Å²) in [6.07, 6.45) is 0.100. The van der Waals surface area contributed by atoms with Gasteiger partial charge in [-0.2, -0.15) is 16.3 Å². The highest BCUT2D eigenvalue weighted by Crippen LogP contribution is 2.20. The maximum Gasteiger partial charge on any atom is 0.304 e. The van der Waals surface area contributed by atoms with Gasteiger partial charge in [-0.1, -0.05) is 12.1 Å². The summed E-state index contributed by atoms with van der Waals surface area (Å²) in [6.45, 7) is 5.09. The van der Waals surface area contributed by atoms with Crippen molar-refractivity contribution < 1.29 is 14.4 Å². The second kappa shape index (κ2) is 6.62. The van der Waals surface area contributed by atoms with Crippen LogP contribution in [-0.4, -0.2) is 38.7 Å². The molecule has 0 bridgehead atoms. The van der Waals surface area contributed by atoms with Gasteiger partial charge in [0.05, 0.1) is 18.5 Å². The summed E-state index contributed by atoms with van der Waals surface area (Å²) in [5.41, 5.74) is 0.912. The molecule has 0 saturated heterocycles. The fourth-order valence-corrected chi connectivity index (χ4v) is 2.59. The number of aliphatic carboxylic acids is 1. The molecule has 0 radical (unpaired) electrons. The summed E-state index contributed by atoms with van der Waals surface area (Å²) in [5, 5.41) is 16.7. The van der Waals surface area contributed by atoms with E-state index in [0.717, 1.165) is 12.1 Å². The molecule has 1 unspecified atom stereocenters. The van der Waals surface area contributed by atoms with E-state index in [2.05, 4.69) is 10.1 Å². The second-order valence-corrected chi connectivity index (χ2v) is 5.32. The fourth-order valence-electron chi connectivity index (χ4n) is 1.96. The lowest BCUT2D eigenvalue weighted by Crippen LogP contribution is -2.34. The molecule has 20 heavy (non-hydrogen) atoms. The topological polar surface area (TPSA) is 79.5 Å². The van der Waals surface area contributed by atoms with E-state index in [9.17, 15) is 4.79 Å². The molecule has 1 atom stereocenters. The zero-order valence-corrected chi connectivity index (χ0v) is 12.3. The van der Waals surface area contributed by atoms with E-state index in [1.165, 1.54) is 0 Å². The van der Waals surface area contributed by atoms with Crippen molar-refractivity contribution in [1.82, 2.24) is 15.0 Å². The molecule has 0 fully saturated rings. The predicted octanol–water partition coefficient (Wildman–Crippen LogP) is 2.48. The first-order chi connectivity index (χ1) is 9.60. The smallest absolute Gasteiger partial charge is 0.304 e. The van der Waals surface area contributed by atoms with Crippen molar-refractivity contribution in [3.63, 3.8) is 0 Å². The Morgan fingerprint density at radius 3 is 3.00 bits per heavy atom. The Hall–Kier alpha value is -1.73. The number of nitrogens with zero attached hydrogens (tertiary/aromatic N) is 3. The summed E-state index contributed by atoms with van der Waals surface area (Å²) >= 11 is 1.57. The van der Waals surface area contributed by atoms with Gasteiger partial charge in [-0.05, 0) is 24.9 Å². The molecule has 0 aliphatic carbocycles. The minimum atomic E-state index is -0.803. The molecule has 2 heterocycles. The third-order valence-electron chi connectivity index (χ3n) is 3.08. The zero-order valence-electron chi connectivity index (χ0n) is 11.4. The standard InChI is InChI=1S/C13H17N3O3S/c1-3-16(9(2)6-12(17)18)7-11-14-13(19-15-11)10-4-5-20-8-10/h4-5,8-9H,3,6-7H2,1-2H3,(H,17,18). The van der Waals surface area contributed by atoms with Crippen LogP contribution in [0, 0.1) is 0 Å². The minimum Gasteiger partial charge on any atom is -0.481 e. The lowest BCUT2D eigenvalue weighted by atomic mass is 10.2. The van der Waals surface area contributed by atoms with Crippen LogP contribution in [-0.2, 0) is 11.3 Å². The molecule has 0 spiro atoms. The van der Waals surface area contributed by atoms with Gasteiger partial charge in [-0.15, -0.1) is 0 Å². The maximum absolute atomic E-state index is 10.8. The monoisotopic (exact) mass is 295 g/mol. The van der Waals surface area contributed by atoms with Gasteiger partial charge in [-0.3, -0.25) is 9.69 Å². The van der Waals surface area contributed by atoms with Crippen molar-refractivity contribution in [3.05, 3.63) is 22.7 Å². The van der Waals surface area contributed by atoms with Gasteiger partial charge in [0, 0.05) is 11.4 Å². The molecule has 0 aromatic carbocycles. The minimum absolute atomic E-state index is 0.0689. The molecule has 2 aromatic heterocycles. The first-order valence-corrected chi connectivity index (χ1v) is 7.35. The lowest BCUT2D eigenvalue weighted by molar-refractivity contribution is -0.138. The van der Waals surface area contributed by atoms with Crippen molar-refractivity contribution in [2.24, 2.45) is 0 Å². The van der Waals surface area contributed by atoms with Crippen LogP contribution in [0.15, 0.2) is 21.3 Å². The molecule has 0 amide bonds. The number of rotatable bonds is 7. The highest BCUT2D eigenvalue weighted by atomic mass is 32.1. The van der Waals surface area contributed by atoms with Gasteiger partial charge in [-0.25, -0.2) is 0 Å². The highest BCUT2D eigenvalue weighted by Gasteiger charge is 2.18. The Morgan fingerprint density at radius 2 is 2.40 bits per heavy atom. The van der Waals surface area contributed by atoms with Gasteiger partial charge in [0.15, 0.2) is 5.82 Å². The van der Waals surface area contributed by atoms with Gasteiger partial charge in [0.25, 0.3) is 5.89 Å². The van der Waals surface area contributed by atoms with Crippen molar-refractivity contribution in [1.29, 1.82) is 0 Å². The van der Waals surface area contributed by atoms with E-state index in [4.69, 9.17) is 9.63 Å². The van der Waals surface area contributed by atoms with Crippen LogP contribution in [0.25, 0.3) is 11.5 Å². The molecular formula is C13H17N3O3S. The molecule has 2 rings (SSSR count). The summed E-state index contributed by atoms with van der Waals surface area (Å²) in [6, 6.07) is 1.85. The van der Waals surface area contributed by atoms with E-state index in [1.807, 2.05) is 35.6 Å². The van der Waals surface area contributed by atoms with E-state index in [-0.39, 0.29) is 12.5 Å². The molecule has 1 N–H and O–H groups in total. The van der Waals surface area contributed by atoms with E-state index < -0.39 is 5.97 Å². The number of thiophene rings is 1. The molecular weight excluding hydrogens is 278 g/mol. The maximum atomic E-state index is 10.8. The van der Waals surface area contributed by atoms with E-state index in [0.29, 0.717) is 18.3 Å². The van der Waals surface area contributed by atoms with Crippen molar-refractivity contribution in [2.75, 3.05) is 6.54 Å². The summed E-state index contributed by atoms with van der Waals surface area (Å²) in [5.74, 6) is 0.275. The van der Waals surface area contributed by atoms with Crippen LogP contribution < -0.4 is 0 Å². The Morgan fingerprint density at radius 1 is 1.60 bits per heavy atom. The number of hydrogen-bond acceptors (Lipinski definition) is 6. The van der Waals surface area contributed by atoms with Gasteiger partial charge in [0.2, 0.25) is 0 Å². The Kier molecular flexibility index (Phi) is 4.86. The van der Waals surface area contributed by atoms with Crippen LogP contribution in [0.1, 0.15) is 26.1 Å². The fraction of sp³-hybridized carbons (Fsp3) is 0.462.